The lowest BCUT2D eigenvalue weighted by atomic mass is 10.1. The van der Waals surface area contributed by atoms with Crippen LogP contribution in [0.25, 0.3) is 0 Å². The molecule has 0 spiro atoms. The largest absolute Gasteiger partial charge is 0.493 e. The van der Waals surface area contributed by atoms with Gasteiger partial charge in [-0.25, -0.2) is 8.78 Å². The normalized spacial score (nSPS) is 11.9. The van der Waals surface area contributed by atoms with Crippen molar-refractivity contribution in [2.24, 2.45) is 0 Å². The van der Waals surface area contributed by atoms with Gasteiger partial charge >= 0.3 is 0 Å². The van der Waals surface area contributed by atoms with Crippen molar-refractivity contribution in [1.82, 2.24) is 5.32 Å². The summed E-state index contributed by atoms with van der Waals surface area (Å²) in [5.41, 5.74) is 1.53. The van der Waals surface area contributed by atoms with Crippen LogP contribution in [0.5, 0.6) is 17.2 Å². The number of benzene rings is 2. The summed E-state index contributed by atoms with van der Waals surface area (Å²) in [6.07, 6.45) is 0. The SMILES string of the molecule is COc1ccc(CN[C@H](C)c2ccc(F)c(F)c2)c(OC)c1OC. The highest BCUT2D eigenvalue weighted by Gasteiger charge is 2.16. The average Bonchev–Trinajstić information content (AvgIpc) is 2.60. The molecule has 0 amide bonds. The van der Waals surface area contributed by atoms with Crippen molar-refractivity contribution in [3.63, 3.8) is 0 Å². The van der Waals surface area contributed by atoms with E-state index in [0.717, 1.165) is 11.6 Å². The molecule has 2 rings (SSSR count). The zero-order valence-electron chi connectivity index (χ0n) is 14.2. The summed E-state index contributed by atoms with van der Waals surface area (Å²) < 4.78 is 42.4. The Kier molecular flexibility index (Phi) is 5.98. The van der Waals surface area contributed by atoms with Gasteiger partial charge in [0.25, 0.3) is 0 Å². The van der Waals surface area contributed by atoms with Crippen molar-refractivity contribution >= 4 is 0 Å². The Balaban J connectivity index is 2.17. The number of nitrogens with one attached hydrogen (secondary N) is 1. The standard InChI is InChI=1S/C18H21F2NO3/c1-11(12-5-7-14(19)15(20)9-12)21-10-13-6-8-16(22-2)18(24-4)17(13)23-3/h5-9,11,21H,10H2,1-4H3/t11-/m1/s1. The molecule has 0 fully saturated rings. The number of hydrogen-bond donors (Lipinski definition) is 1. The molecule has 0 heterocycles. The molecule has 0 aliphatic rings. The Labute approximate surface area is 140 Å². The third-order valence-electron chi connectivity index (χ3n) is 3.83. The summed E-state index contributed by atoms with van der Waals surface area (Å²) in [5.74, 6) is -0.0503. The van der Waals surface area contributed by atoms with Gasteiger partial charge in [-0.1, -0.05) is 12.1 Å². The first-order valence-corrected chi connectivity index (χ1v) is 7.48. The smallest absolute Gasteiger partial charge is 0.203 e. The zero-order chi connectivity index (χ0) is 17.7. The molecule has 4 nitrogen and oxygen atoms in total. The molecular weight excluding hydrogens is 316 g/mol. The van der Waals surface area contributed by atoms with Crippen molar-refractivity contribution in [2.45, 2.75) is 19.5 Å². The van der Waals surface area contributed by atoms with E-state index in [1.807, 2.05) is 13.0 Å². The van der Waals surface area contributed by atoms with Gasteiger partial charge in [-0.05, 0) is 30.7 Å². The lowest BCUT2D eigenvalue weighted by Gasteiger charge is -2.18. The van der Waals surface area contributed by atoms with E-state index in [2.05, 4.69) is 5.32 Å². The minimum Gasteiger partial charge on any atom is -0.493 e. The predicted molar refractivity (Wildman–Crippen MR) is 87.7 cm³/mol. The van der Waals surface area contributed by atoms with Crippen LogP contribution in [0.3, 0.4) is 0 Å². The van der Waals surface area contributed by atoms with E-state index < -0.39 is 11.6 Å². The summed E-state index contributed by atoms with van der Waals surface area (Å²) in [7, 11) is 4.65. The first kappa shape index (κ1) is 18.0. The quantitative estimate of drug-likeness (QED) is 0.833. The van der Waals surface area contributed by atoms with Gasteiger partial charge in [0.1, 0.15) is 0 Å². The second kappa shape index (κ2) is 7.97. The zero-order valence-corrected chi connectivity index (χ0v) is 14.2. The minimum absolute atomic E-state index is 0.169. The minimum atomic E-state index is -0.857. The summed E-state index contributed by atoms with van der Waals surface area (Å²) >= 11 is 0. The summed E-state index contributed by atoms with van der Waals surface area (Å²) in [6, 6.07) is 7.37. The van der Waals surface area contributed by atoms with Crippen molar-refractivity contribution in [3.05, 3.63) is 53.1 Å². The maximum Gasteiger partial charge on any atom is 0.203 e. The number of methoxy groups -OCH3 is 3. The Morgan fingerprint density at radius 3 is 2.21 bits per heavy atom. The van der Waals surface area contributed by atoms with E-state index in [0.29, 0.717) is 29.4 Å². The molecule has 0 bridgehead atoms. The second-order valence-electron chi connectivity index (χ2n) is 5.27. The lowest BCUT2D eigenvalue weighted by Crippen LogP contribution is -2.19. The summed E-state index contributed by atoms with van der Waals surface area (Å²) in [5, 5.41) is 3.26. The van der Waals surface area contributed by atoms with E-state index in [1.165, 1.54) is 6.07 Å². The van der Waals surface area contributed by atoms with Crippen LogP contribution >= 0.6 is 0 Å². The van der Waals surface area contributed by atoms with Gasteiger partial charge in [-0.2, -0.15) is 0 Å². The summed E-state index contributed by atoms with van der Waals surface area (Å²) in [6.45, 7) is 2.34. The highest BCUT2D eigenvalue weighted by atomic mass is 19.2. The molecule has 6 heteroatoms. The third kappa shape index (κ3) is 3.76. The van der Waals surface area contributed by atoms with Gasteiger partial charge in [-0.15, -0.1) is 0 Å². The number of hydrogen-bond acceptors (Lipinski definition) is 4. The molecule has 0 radical (unpaired) electrons. The van der Waals surface area contributed by atoms with Gasteiger partial charge in [0.05, 0.1) is 21.3 Å². The first-order chi connectivity index (χ1) is 11.5. The van der Waals surface area contributed by atoms with Crippen LogP contribution < -0.4 is 19.5 Å². The van der Waals surface area contributed by atoms with Crippen LogP contribution in [-0.4, -0.2) is 21.3 Å². The van der Waals surface area contributed by atoms with Gasteiger partial charge in [0.2, 0.25) is 5.75 Å². The molecule has 2 aromatic carbocycles. The highest BCUT2D eigenvalue weighted by Crippen LogP contribution is 2.39. The molecule has 0 saturated carbocycles. The molecule has 24 heavy (non-hydrogen) atoms. The Bertz CT molecular complexity index is 707. The van der Waals surface area contributed by atoms with Crippen molar-refractivity contribution in [2.75, 3.05) is 21.3 Å². The van der Waals surface area contributed by atoms with Gasteiger partial charge in [0.15, 0.2) is 23.1 Å². The third-order valence-corrected chi connectivity index (χ3v) is 3.83. The monoisotopic (exact) mass is 337 g/mol. The maximum atomic E-state index is 13.4. The highest BCUT2D eigenvalue weighted by molar-refractivity contribution is 5.55. The van der Waals surface area contributed by atoms with E-state index in [1.54, 1.807) is 33.5 Å². The molecule has 1 atom stereocenters. The summed E-state index contributed by atoms with van der Waals surface area (Å²) in [4.78, 5) is 0. The molecule has 0 aliphatic carbocycles. The molecular formula is C18H21F2NO3. The Hall–Kier alpha value is -2.34. The number of rotatable bonds is 7. The topological polar surface area (TPSA) is 39.7 Å². The van der Waals surface area contributed by atoms with Crippen LogP contribution in [0.4, 0.5) is 8.78 Å². The molecule has 0 saturated heterocycles. The number of ether oxygens (including phenoxy) is 3. The maximum absolute atomic E-state index is 13.4. The molecule has 0 aromatic heterocycles. The average molecular weight is 337 g/mol. The lowest BCUT2D eigenvalue weighted by molar-refractivity contribution is 0.321. The van der Waals surface area contributed by atoms with Crippen LogP contribution in [0, 0.1) is 11.6 Å². The molecule has 0 aliphatic heterocycles. The Morgan fingerprint density at radius 1 is 0.917 bits per heavy atom. The first-order valence-electron chi connectivity index (χ1n) is 7.48. The van der Waals surface area contributed by atoms with Gasteiger partial charge in [0, 0.05) is 18.2 Å². The van der Waals surface area contributed by atoms with Crippen molar-refractivity contribution < 1.29 is 23.0 Å². The van der Waals surface area contributed by atoms with E-state index in [-0.39, 0.29) is 6.04 Å². The van der Waals surface area contributed by atoms with Gasteiger partial charge in [-0.3, -0.25) is 0 Å². The van der Waals surface area contributed by atoms with E-state index in [4.69, 9.17) is 14.2 Å². The number of halogens is 2. The van der Waals surface area contributed by atoms with Crippen LogP contribution in [0.1, 0.15) is 24.1 Å². The molecule has 130 valence electrons. The van der Waals surface area contributed by atoms with Gasteiger partial charge < -0.3 is 19.5 Å². The molecule has 1 N–H and O–H groups in total. The van der Waals surface area contributed by atoms with E-state index in [9.17, 15) is 8.78 Å². The van der Waals surface area contributed by atoms with E-state index >= 15 is 0 Å². The predicted octanol–water partition coefficient (Wildman–Crippen LogP) is 3.84. The molecule has 2 aromatic rings. The fraction of sp³-hybridized carbons (Fsp3) is 0.333. The van der Waals surface area contributed by atoms with Crippen molar-refractivity contribution in [3.8, 4) is 17.2 Å². The van der Waals surface area contributed by atoms with Crippen LogP contribution in [-0.2, 0) is 6.54 Å². The second-order valence-corrected chi connectivity index (χ2v) is 5.27. The fourth-order valence-corrected chi connectivity index (χ4v) is 2.47. The van der Waals surface area contributed by atoms with Crippen molar-refractivity contribution in [1.29, 1.82) is 0 Å². The molecule has 0 unspecified atom stereocenters. The van der Waals surface area contributed by atoms with Crippen LogP contribution in [0.2, 0.25) is 0 Å². The van der Waals surface area contributed by atoms with Crippen LogP contribution in [0.15, 0.2) is 30.3 Å². The fourth-order valence-electron chi connectivity index (χ4n) is 2.47. The Morgan fingerprint density at radius 2 is 1.62 bits per heavy atom.